The van der Waals surface area contributed by atoms with Crippen LogP contribution >= 0.6 is 23.4 Å². The number of allylic oxidation sites excluding steroid dienone is 1. The smallest absolute Gasteiger partial charge is 0.0984 e. The van der Waals surface area contributed by atoms with Crippen molar-refractivity contribution in [1.82, 2.24) is 0 Å². The average molecular weight is 406 g/mol. The molecule has 0 saturated carbocycles. The number of para-hydroxylation sites is 1. The normalized spacial score (nSPS) is 12.8. The summed E-state index contributed by atoms with van der Waals surface area (Å²) in [6.45, 7) is 2.03. The van der Waals surface area contributed by atoms with E-state index in [0.29, 0.717) is 21.3 Å². The standard InChI is InChI=1S/C23H20ClN3S/c1-15-6-2-3-7-18(15)22(16-10-12-17(24)13-11-16)19(14-25)23(27)28-21-9-5-4-8-20(21)26/h2-13,22H,26-27H2,1H3/b23-19+. The second-order valence-corrected chi connectivity index (χ2v) is 7.89. The summed E-state index contributed by atoms with van der Waals surface area (Å²) in [5.41, 5.74) is 16.7. The molecule has 0 bridgehead atoms. The van der Waals surface area contributed by atoms with E-state index >= 15 is 0 Å². The van der Waals surface area contributed by atoms with Crippen LogP contribution in [0.5, 0.6) is 0 Å². The van der Waals surface area contributed by atoms with E-state index in [4.69, 9.17) is 23.1 Å². The molecule has 4 N–H and O–H groups in total. The quantitative estimate of drug-likeness (QED) is 0.317. The molecule has 0 spiro atoms. The number of nitriles is 1. The Balaban J connectivity index is 2.14. The fourth-order valence-electron chi connectivity index (χ4n) is 3.08. The van der Waals surface area contributed by atoms with E-state index in [1.54, 1.807) is 0 Å². The zero-order chi connectivity index (χ0) is 20.1. The van der Waals surface area contributed by atoms with Crippen LogP contribution in [0, 0.1) is 18.3 Å². The van der Waals surface area contributed by atoms with Crippen LogP contribution in [0.4, 0.5) is 5.69 Å². The van der Waals surface area contributed by atoms with Crippen molar-refractivity contribution in [2.45, 2.75) is 17.7 Å². The molecule has 140 valence electrons. The summed E-state index contributed by atoms with van der Waals surface area (Å²) >= 11 is 7.39. The highest BCUT2D eigenvalue weighted by atomic mass is 35.5. The average Bonchev–Trinajstić information content (AvgIpc) is 2.69. The molecule has 0 amide bonds. The molecule has 5 heteroatoms. The Kier molecular flexibility index (Phi) is 6.30. The molecule has 3 aromatic carbocycles. The lowest BCUT2D eigenvalue weighted by atomic mass is 9.83. The first-order valence-corrected chi connectivity index (χ1v) is 9.93. The minimum Gasteiger partial charge on any atom is -0.398 e. The molecular formula is C23H20ClN3S. The summed E-state index contributed by atoms with van der Waals surface area (Å²) in [5.74, 6) is -0.291. The van der Waals surface area contributed by atoms with Crippen LogP contribution in [-0.4, -0.2) is 0 Å². The first-order valence-electron chi connectivity index (χ1n) is 8.74. The Morgan fingerprint density at radius 3 is 2.29 bits per heavy atom. The van der Waals surface area contributed by atoms with Crippen LogP contribution in [0.15, 0.2) is 88.3 Å². The third-order valence-electron chi connectivity index (χ3n) is 4.52. The van der Waals surface area contributed by atoms with Crippen molar-refractivity contribution in [1.29, 1.82) is 5.26 Å². The van der Waals surface area contributed by atoms with E-state index in [0.717, 1.165) is 21.6 Å². The van der Waals surface area contributed by atoms with Gasteiger partial charge in [0, 0.05) is 21.5 Å². The zero-order valence-corrected chi connectivity index (χ0v) is 17.0. The molecule has 1 atom stereocenters. The Morgan fingerprint density at radius 1 is 1.00 bits per heavy atom. The number of hydrogen-bond acceptors (Lipinski definition) is 4. The maximum absolute atomic E-state index is 10.0. The van der Waals surface area contributed by atoms with Crippen molar-refractivity contribution >= 4 is 29.1 Å². The first kappa shape index (κ1) is 19.9. The SMILES string of the molecule is Cc1ccccc1C(/C(C#N)=C(\N)Sc1ccccc1N)c1ccc(Cl)cc1. The van der Waals surface area contributed by atoms with Gasteiger partial charge in [-0.3, -0.25) is 0 Å². The number of aryl methyl sites for hydroxylation is 1. The van der Waals surface area contributed by atoms with Gasteiger partial charge in [0.2, 0.25) is 0 Å². The van der Waals surface area contributed by atoms with Crippen LogP contribution < -0.4 is 11.5 Å². The highest BCUT2D eigenvalue weighted by molar-refractivity contribution is 8.03. The van der Waals surface area contributed by atoms with Crippen LogP contribution in [-0.2, 0) is 0 Å². The summed E-state index contributed by atoms with van der Waals surface area (Å²) in [5, 5.41) is 11.1. The van der Waals surface area contributed by atoms with Crippen LogP contribution in [0.25, 0.3) is 0 Å². The van der Waals surface area contributed by atoms with Crippen molar-refractivity contribution in [2.75, 3.05) is 5.73 Å². The molecule has 0 heterocycles. The highest BCUT2D eigenvalue weighted by Crippen LogP contribution is 2.39. The number of anilines is 1. The van der Waals surface area contributed by atoms with Gasteiger partial charge in [-0.25, -0.2) is 0 Å². The van der Waals surface area contributed by atoms with E-state index in [1.165, 1.54) is 11.8 Å². The molecule has 0 aromatic heterocycles. The Labute approximate surface area is 174 Å². The van der Waals surface area contributed by atoms with E-state index in [9.17, 15) is 5.26 Å². The minimum atomic E-state index is -0.291. The number of rotatable bonds is 5. The van der Waals surface area contributed by atoms with Gasteiger partial charge in [0.1, 0.15) is 0 Å². The van der Waals surface area contributed by atoms with Crippen molar-refractivity contribution in [2.24, 2.45) is 5.73 Å². The fourth-order valence-corrected chi connectivity index (χ4v) is 4.05. The van der Waals surface area contributed by atoms with Gasteiger partial charge in [0.25, 0.3) is 0 Å². The number of nitrogens with zero attached hydrogens (tertiary/aromatic N) is 1. The molecule has 3 aromatic rings. The van der Waals surface area contributed by atoms with E-state index in [1.807, 2.05) is 79.7 Å². The lowest BCUT2D eigenvalue weighted by Gasteiger charge is -2.21. The molecule has 0 radical (unpaired) electrons. The predicted molar refractivity (Wildman–Crippen MR) is 118 cm³/mol. The highest BCUT2D eigenvalue weighted by Gasteiger charge is 2.24. The first-order chi connectivity index (χ1) is 13.5. The summed E-state index contributed by atoms with van der Waals surface area (Å²) in [6, 6.07) is 25.4. The summed E-state index contributed by atoms with van der Waals surface area (Å²) in [7, 11) is 0. The molecule has 3 nitrogen and oxygen atoms in total. The van der Waals surface area contributed by atoms with Crippen molar-refractivity contribution in [3.05, 3.63) is 105 Å². The lowest BCUT2D eigenvalue weighted by Crippen LogP contribution is -2.11. The number of nitrogen functional groups attached to an aromatic ring is 1. The molecule has 0 fully saturated rings. The molecule has 0 aliphatic heterocycles. The number of benzene rings is 3. The molecule has 1 unspecified atom stereocenters. The largest absolute Gasteiger partial charge is 0.398 e. The van der Waals surface area contributed by atoms with Crippen LogP contribution in [0.1, 0.15) is 22.6 Å². The van der Waals surface area contributed by atoms with Crippen molar-refractivity contribution in [3.8, 4) is 6.07 Å². The molecule has 28 heavy (non-hydrogen) atoms. The molecular weight excluding hydrogens is 386 g/mol. The van der Waals surface area contributed by atoms with Crippen molar-refractivity contribution in [3.63, 3.8) is 0 Å². The second kappa shape index (κ2) is 8.88. The molecule has 3 rings (SSSR count). The second-order valence-electron chi connectivity index (χ2n) is 6.37. The van der Waals surface area contributed by atoms with E-state index in [2.05, 4.69) is 6.07 Å². The summed E-state index contributed by atoms with van der Waals surface area (Å²) < 4.78 is 0. The van der Waals surface area contributed by atoms with E-state index < -0.39 is 0 Å². The van der Waals surface area contributed by atoms with E-state index in [-0.39, 0.29) is 5.92 Å². The Hall–Kier alpha value is -2.87. The van der Waals surface area contributed by atoms with Gasteiger partial charge >= 0.3 is 0 Å². The summed E-state index contributed by atoms with van der Waals surface area (Å²) in [6.07, 6.45) is 0. The molecule has 0 aliphatic carbocycles. The maximum Gasteiger partial charge on any atom is 0.0984 e. The van der Waals surface area contributed by atoms with Gasteiger partial charge < -0.3 is 11.5 Å². The number of nitrogens with two attached hydrogens (primary N) is 2. The monoisotopic (exact) mass is 405 g/mol. The van der Waals surface area contributed by atoms with Gasteiger partial charge in [-0.1, -0.05) is 71.9 Å². The number of halogens is 1. The predicted octanol–water partition coefficient (Wildman–Crippen LogP) is 5.85. The summed E-state index contributed by atoms with van der Waals surface area (Å²) in [4.78, 5) is 0.826. The third-order valence-corrected chi connectivity index (χ3v) is 5.80. The lowest BCUT2D eigenvalue weighted by molar-refractivity contribution is 0.957. The fraction of sp³-hybridized carbons (Fsp3) is 0.0870. The zero-order valence-electron chi connectivity index (χ0n) is 15.4. The Morgan fingerprint density at radius 2 is 1.64 bits per heavy atom. The van der Waals surface area contributed by atoms with Crippen molar-refractivity contribution < 1.29 is 0 Å². The minimum absolute atomic E-state index is 0.291. The number of thioether (sulfide) groups is 1. The molecule has 0 saturated heterocycles. The van der Waals surface area contributed by atoms with Gasteiger partial charge in [-0.05, 0) is 47.9 Å². The maximum atomic E-state index is 10.0. The van der Waals surface area contributed by atoms with Gasteiger partial charge in [-0.2, -0.15) is 5.26 Å². The van der Waals surface area contributed by atoms with Gasteiger partial charge in [0.05, 0.1) is 16.7 Å². The molecule has 0 aliphatic rings. The van der Waals surface area contributed by atoms with Gasteiger partial charge in [-0.15, -0.1) is 0 Å². The Bertz CT molecular complexity index is 1050. The third kappa shape index (κ3) is 4.33. The van der Waals surface area contributed by atoms with Gasteiger partial charge in [0.15, 0.2) is 0 Å². The van der Waals surface area contributed by atoms with Crippen LogP contribution in [0.3, 0.4) is 0 Å². The number of hydrogen-bond donors (Lipinski definition) is 2. The topological polar surface area (TPSA) is 75.8 Å². The van der Waals surface area contributed by atoms with Crippen LogP contribution in [0.2, 0.25) is 5.02 Å².